The first-order valence-corrected chi connectivity index (χ1v) is 7.48. The van der Waals surface area contributed by atoms with Crippen LogP contribution in [0.4, 0.5) is 5.82 Å². The van der Waals surface area contributed by atoms with Gasteiger partial charge in [0.2, 0.25) is 0 Å². The molecule has 0 saturated heterocycles. The third kappa shape index (κ3) is 2.34. The minimum Gasteiger partial charge on any atom is -0.364 e. The van der Waals surface area contributed by atoms with Gasteiger partial charge in [-0.05, 0) is 39.5 Å². The third-order valence-corrected chi connectivity index (χ3v) is 4.84. The molecule has 3 heterocycles. The summed E-state index contributed by atoms with van der Waals surface area (Å²) in [7, 11) is 0. The Bertz CT molecular complexity index is 647. The van der Waals surface area contributed by atoms with Gasteiger partial charge >= 0.3 is 0 Å². The molecule has 17 heavy (non-hydrogen) atoms. The number of nitrogens with zero attached hydrogens (tertiary/aromatic N) is 2. The Balaban J connectivity index is 1.83. The molecule has 0 radical (unpaired) electrons. The Kier molecular flexibility index (Phi) is 3.09. The first-order chi connectivity index (χ1) is 8.33. The van der Waals surface area contributed by atoms with Crippen LogP contribution in [0.25, 0.3) is 10.2 Å². The van der Waals surface area contributed by atoms with Gasteiger partial charge in [-0.25, -0.2) is 9.97 Å². The lowest BCUT2D eigenvalue weighted by molar-refractivity contribution is 1.13. The van der Waals surface area contributed by atoms with Crippen LogP contribution in [0.15, 0.2) is 33.7 Å². The molecule has 0 aliphatic carbocycles. The van der Waals surface area contributed by atoms with Crippen LogP contribution in [0.1, 0.15) is 4.88 Å². The van der Waals surface area contributed by atoms with Crippen molar-refractivity contribution < 1.29 is 0 Å². The summed E-state index contributed by atoms with van der Waals surface area (Å²) in [4.78, 5) is 9.78. The van der Waals surface area contributed by atoms with Crippen molar-refractivity contribution in [3.8, 4) is 0 Å². The Morgan fingerprint density at radius 2 is 2.18 bits per heavy atom. The molecule has 0 amide bonds. The number of thiophene rings is 2. The summed E-state index contributed by atoms with van der Waals surface area (Å²) in [5.74, 6) is 0.912. The monoisotopic (exact) mass is 325 g/mol. The normalized spacial score (nSPS) is 10.9. The van der Waals surface area contributed by atoms with Gasteiger partial charge in [-0.2, -0.15) is 0 Å². The Labute approximate surface area is 115 Å². The van der Waals surface area contributed by atoms with E-state index in [0.717, 1.165) is 26.4 Å². The molecule has 0 aliphatic heterocycles. The second-order valence-corrected chi connectivity index (χ2v) is 6.88. The van der Waals surface area contributed by atoms with E-state index in [0.29, 0.717) is 0 Å². The zero-order chi connectivity index (χ0) is 11.7. The summed E-state index contributed by atoms with van der Waals surface area (Å²) in [5.41, 5.74) is 1.000. The van der Waals surface area contributed by atoms with Gasteiger partial charge in [0, 0.05) is 4.88 Å². The number of hydrogen-bond acceptors (Lipinski definition) is 5. The van der Waals surface area contributed by atoms with Gasteiger partial charge in [0.25, 0.3) is 0 Å². The average molecular weight is 326 g/mol. The van der Waals surface area contributed by atoms with E-state index < -0.39 is 0 Å². The molecule has 0 aliphatic rings. The Hall–Kier alpha value is -0.980. The summed E-state index contributed by atoms with van der Waals surface area (Å²) in [6.45, 7) is 0.792. The van der Waals surface area contributed by atoms with Crippen LogP contribution in [0.5, 0.6) is 0 Å². The van der Waals surface area contributed by atoms with E-state index in [1.54, 1.807) is 29.0 Å². The maximum atomic E-state index is 4.28. The van der Waals surface area contributed by atoms with Crippen LogP contribution in [0.3, 0.4) is 0 Å². The van der Waals surface area contributed by atoms with Gasteiger partial charge in [0.15, 0.2) is 0 Å². The average Bonchev–Trinajstić information content (AvgIpc) is 2.94. The predicted octanol–water partition coefficient (Wildman–Crippen LogP) is 4.13. The molecule has 0 saturated carbocycles. The van der Waals surface area contributed by atoms with Crippen LogP contribution < -0.4 is 5.32 Å². The lowest BCUT2D eigenvalue weighted by Crippen LogP contribution is -1.99. The van der Waals surface area contributed by atoms with E-state index in [1.165, 1.54) is 4.88 Å². The van der Waals surface area contributed by atoms with E-state index in [-0.39, 0.29) is 0 Å². The molecule has 6 heteroatoms. The molecule has 3 aromatic rings. The van der Waals surface area contributed by atoms with Crippen LogP contribution in [0, 0.1) is 0 Å². The summed E-state index contributed by atoms with van der Waals surface area (Å²) in [6, 6.07) is 6.17. The number of anilines is 1. The minimum absolute atomic E-state index is 0.792. The highest BCUT2D eigenvalue weighted by molar-refractivity contribution is 9.11. The maximum Gasteiger partial charge on any atom is 0.147 e. The number of aromatic nitrogens is 2. The number of nitrogens with one attached hydrogen (secondary N) is 1. The van der Waals surface area contributed by atoms with Crippen molar-refractivity contribution in [2.45, 2.75) is 6.54 Å². The Morgan fingerprint density at radius 1 is 1.24 bits per heavy atom. The molecular weight excluding hydrogens is 318 g/mol. The van der Waals surface area contributed by atoms with Crippen LogP contribution in [0.2, 0.25) is 0 Å². The molecule has 0 unspecified atom stereocenters. The van der Waals surface area contributed by atoms with Crippen molar-refractivity contribution >= 4 is 54.6 Å². The fourth-order valence-corrected chi connectivity index (χ4v) is 3.77. The van der Waals surface area contributed by atoms with E-state index in [9.17, 15) is 0 Å². The van der Waals surface area contributed by atoms with Gasteiger partial charge < -0.3 is 5.32 Å². The zero-order valence-corrected chi connectivity index (χ0v) is 11.9. The molecule has 3 aromatic heterocycles. The molecule has 0 atom stereocenters. The number of fused-ring (bicyclic) bond motifs is 1. The van der Waals surface area contributed by atoms with Crippen molar-refractivity contribution in [2.75, 3.05) is 5.32 Å². The topological polar surface area (TPSA) is 37.8 Å². The van der Waals surface area contributed by atoms with Gasteiger partial charge in [-0.1, -0.05) is 0 Å². The molecule has 0 aromatic carbocycles. The summed E-state index contributed by atoms with van der Waals surface area (Å²) in [6.07, 6.45) is 1.60. The van der Waals surface area contributed by atoms with Gasteiger partial charge in [0.05, 0.1) is 20.5 Å². The maximum absolute atomic E-state index is 4.28. The fourth-order valence-electron chi connectivity index (χ4n) is 1.53. The van der Waals surface area contributed by atoms with Crippen molar-refractivity contribution in [3.05, 3.63) is 38.6 Å². The van der Waals surface area contributed by atoms with Crippen LogP contribution in [-0.2, 0) is 6.54 Å². The fraction of sp³-hybridized carbons (Fsp3) is 0.0909. The van der Waals surface area contributed by atoms with Gasteiger partial charge in [-0.15, -0.1) is 22.7 Å². The molecule has 0 fully saturated rings. The summed E-state index contributed by atoms with van der Waals surface area (Å²) in [5, 5.41) is 5.39. The third-order valence-electron chi connectivity index (χ3n) is 2.30. The molecule has 1 N–H and O–H groups in total. The molecular formula is C11H8BrN3S2. The van der Waals surface area contributed by atoms with Gasteiger partial charge in [0.1, 0.15) is 12.1 Å². The highest BCUT2D eigenvalue weighted by Gasteiger charge is 2.05. The van der Waals surface area contributed by atoms with E-state index in [2.05, 4.69) is 43.3 Å². The Morgan fingerprint density at radius 3 is 3.00 bits per heavy atom. The van der Waals surface area contributed by atoms with E-state index >= 15 is 0 Å². The first kappa shape index (κ1) is 11.1. The predicted molar refractivity (Wildman–Crippen MR) is 76.8 cm³/mol. The summed E-state index contributed by atoms with van der Waals surface area (Å²) < 4.78 is 2.27. The van der Waals surface area contributed by atoms with Crippen LogP contribution in [-0.4, -0.2) is 9.97 Å². The van der Waals surface area contributed by atoms with E-state index in [4.69, 9.17) is 0 Å². The molecule has 3 rings (SSSR count). The van der Waals surface area contributed by atoms with Crippen molar-refractivity contribution in [2.24, 2.45) is 0 Å². The largest absolute Gasteiger partial charge is 0.364 e. The lowest BCUT2D eigenvalue weighted by atomic mass is 10.4. The zero-order valence-electron chi connectivity index (χ0n) is 8.68. The van der Waals surface area contributed by atoms with Crippen molar-refractivity contribution in [1.29, 1.82) is 0 Å². The quantitative estimate of drug-likeness (QED) is 0.786. The standard InChI is InChI=1S/C11H8BrN3S2/c12-9-2-1-7(17-9)5-13-11-10-8(3-4-16-10)14-6-15-11/h1-4,6H,5H2,(H,13,14,15). The highest BCUT2D eigenvalue weighted by atomic mass is 79.9. The molecule has 86 valence electrons. The van der Waals surface area contributed by atoms with Gasteiger partial charge in [-0.3, -0.25) is 0 Å². The number of halogens is 1. The summed E-state index contributed by atoms with van der Waals surface area (Å²) >= 11 is 6.85. The van der Waals surface area contributed by atoms with Crippen molar-refractivity contribution in [3.63, 3.8) is 0 Å². The second kappa shape index (κ2) is 4.72. The van der Waals surface area contributed by atoms with Crippen LogP contribution >= 0.6 is 38.6 Å². The lowest BCUT2D eigenvalue weighted by Gasteiger charge is -2.03. The highest BCUT2D eigenvalue weighted by Crippen LogP contribution is 2.27. The molecule has 0 spiro atoms. The molecule has 3 nitrogen and oxygen atoms in total. The second-order valence-electron chi connectivity index (χ2n) is 3.42. The number of rotatable bonds is 3. The molecule has 0 bridgehead atoms. The smallest absolute Gasteiger partial charge is 0.147 e. The first-order valence-electron chi connectivity index (χ1n) is 4.99. The van der Waals surface area contributed by atoms with E-state index in [1.807, 2.05) is 11.4 Å². The SMILES string of the molecule is Brc1ccc(CNc2ncnc3ccsc23)s1. The number of hydrogen-bond donors (Lipinski definition) is 1. The van der Waals surface area contributed by atoms with Crippen molar-refractivity contribution in [1.82, 2.24) is 9.97 Å². The minimum atomic E-state index is 0.792.